The summed E-state index contributed by atoms with van der Waals surface area (Å²) in [5, 5.41) is 11.1. The third kappa shape index (κ3) is 4.37. The van der Waals surface area contributed by atoms with Crippen LogP contribution in [-0.2, 0) is 9.53 Å². The van der Waals surface area contributed by atoms with Crippen molar-refractivity contribution in [1.82, 2.24) is 0 Å². The molecule has 0 aliphatic heterocycles. The first-order valence-electron chi connectivity index (χ1n) is 6.30. The molecule has 0 bridgehead atoms. The van der Waals surface area contributed by atoms with Crippen LogP contribution in [0.5, 0.6) is 0 Å². The van der Waals surface area contributed by atoms with Crippen LogP contribution in [0.1, 0.15) is 38.4 Å². The van der Waals surface area contributed by atoms with Crippen LogP contribution in [-0.4, -0.2) is 17.7 Å². The van der Waals surface area contributed by atoms with Crippen molar-refractivity contribution in [3.8, 4) is 0 Å². The van der Waals surface area contributed by atoms with Crippen molar-refractivity contribution >= 4 is 29.2 Å². The van der Waals surface area contributed by atoms with Crippen LogP contribution in [0.2, 0.25) is 10.0 Å². The second kappa shape index (κ2) is 7.73. The summed E-state index contributed by atoms with van der Waals surface area (Å²) in [4.78, 5) is 11.9. The molecule has 3 nitrogen and oxygen atoms in total. The summed E-state index contributed by atoms with van der Waals surface area (Å²) in [6.07, 6.45) is 0.399. The fourth-order valence-electron chi connectivity index (χ4n) is 1.89. The minimum atomic E-state index is -0.936. The van der Waals surface area contributed by atoms with Gasteiger partial charge in [0.2, 0.25) is 0 Å². The van der Waals surface area contributed by atoms with Gasteiger partial charge in [-0.05, 0) is 31.0 Å². The molecule has 1 aromatic carbocycles. The maximum absolute atomic E-state index is 11.9. The molecule has 5 heteroatoms. The fraction of sp³-hybridized carbons (Fsp3) is 0.500. The zero-order chi connectivity index (χ0) is 14.4. The number of aliphatic hydroxyl groups excluding tert-OH is 1. The van der Waals surface area contributed by atoms with Gasteiger partial charge >= 0.3 is 5.97 Å². The number of rotatable bonds is 6. The first-order valence-corrected chi connectivity index (χ1v) is 7.06. The van der Waals surface area contributed by atoms with Crippen molar-refractivity contribution in [2.75, 3.05) is 6.61 Å². The van der Waals surface area contributed by atoms with Gasteiger partial charge < -0.3 is 9.84 Å². The lowest BCUT2D eigenvalue weighted by atomic mass is 9.92. The molecule has 0 radical (unpaired) electrons. The van der Waals surface area contributed by atoms with Gasteiger partial charge in [0.05, 0.1) is 28.7 Å². The molecule has 2 unspecified atom stereocenters. The number of halogens is 2. The van der Waals surface area contributed by atoms with Crippen molar-refractivity contribution in [2.45, 2.75) is 32.8 Å². The fourth-order valence-corrected chi connectivity index (χ4v) is 2.20. The molecular formula is C14H18Cl2O3. The van der Waals surface area contributed by atoms with E-state index < -0.39 is 12.0 Å². The number of carbonyl (C=O) groups excluding carboxylic acids is 1. The molecule has 0 aliphatic carbocycles. The highest BCUT2D eigenvalue weighted by atomic mass is 35.5. The molecule has 19 heavy (non-hydrogen) atoms. The van der Waals surface area contributed by atoms with Crippen molar-refractivity contribution in [3.05, 3.63) is 33.8 Å². The van der Waals surface area contributed by atoms with Gasteiger partial charge in [-0.15, -0.1) is 0 Å². The third-order valence-electron chi connectivity index (χ3n) is 2.86. The van der Waals surface area contributed by atoms with Gasteiger partial charge in [0.25, 0.3) is 0 Å². The molecule has 0 spiro atoms. The molecule has 0 saturated heterocycles. The number of esters is 1. The van der Waals surface area contributed by atoms with Crippen LogP contribution in [0.25, 0.3) is 0 Å². The summed E-state index contributed by atoms with van der Waals surface area (Å²) < 4.78 is 5.00. The van der Waals surface area contributed by atoms with Crippen molar-refractivity contribution in [1.29, 1.82) is 0 Å². The summed E-state index contributed by atoms with van der Waals surface area (Å²) in [6.45, 7) is 3.99. The van der Waals surface area contributed by atoms with Crippen LogP contribution in [0.15, 0.2) is 18.2 Å². The number of benzene rings is 1. The summed E-state index contributed by atoms with van der Waals surface area (Å²) in [5.74, 6) is -0.967. The Morgan fingerprint density at radius 3 is 2.53 bits per heavy atom. The van der Waals surface area contributed by atoms with E-state index in [4.69, 9.17) is 27.9 Å². The number of hydrogen-bond acceptors (Lipinski definition) is 3. The first kappa shape index (κ1) is 16.3. The smallest absolute Gasteiger partial charge is 0.311 e. The maximum Gasteiger partial charge on any atom is 0.311 e. The van der Waals surface area contributed by atoms with E-state index in [2.05, 4.69) is 0 Å². The van der Waals surface area contributed by atoms with Crippen LogP contribution in [0.4, 0.5) is 0 Å². The quantitative estimate of drug-likeness (QED) is 0.808. The van der Waals surface area contributed by atoms with Gasteiger partial charge in [0.1, 0.15) is 0 Å². The molecule has 0 fully saturated rings. The number of carbonyl (C=O) groups is 1. The minimum Gasteiger partial charge on any atom is -0.466 e. The molecular weight excluding hydrogens is 287 g/mol. The van der Waals surface area contributed by atoms with E-state index in [0.29, 0.717) is 28.6 Å². The Morgan fingerprint density at radius 2 is 2.00 bits per heavy atom. The normalized spacial score (nSPS) is 13.9. The summed E-state index contributed by atoms with van der Waals surface area (Å²) in [7, 11) is 0. The van der Waals surface area contributed by atoms with E-state index in [1.807, 2.05) is 6.92 Å². The topological polar surface area (TPSA) is 46.5 Å². The van der Waals surface area contributed by atoms with Crippen LogP contribution >= 0.6 is 23.2 Å². The highest BCUT2D eigenvalue weighted by Gasteiger charge is 2.28. The molecule has 0 aromatic heterocycles. The van der Waals surface area contributed by atoms with E-state index in [-0.39, 0.29) is 5.97 Å². The van der Waals surface area contributed by atoms with E-state index in [0.717, 1.165) is 6.42 Å². The Bertz CT molecular complexity index is 435. The Kier molecular flexibility index (Phi) is 6.63. The Balaban J connectivity index is 2.94. The average Bonchev–Trinajstić information content (AvgIpc) is 2.38. The lowest BCUT2D eigenvalue weighted by Crippen LogP contribution is -2.24. The number of ether oxygens (including phenoxy) is 1. The molecule has 2 atom stereocenters. The highest BCUT2D eigenvalue weighted by molar-refractivity contribution is 6.42. The predicted molar refractivity (Wildman–Crippen MR) is 76.5 cm³/mol. The molecule has 0 aliphatic rings. The number of hydrogen-bond donors (Lipinski definition) is 1. The van der Waals surface area contributed by atoms with Crippen molar-refractivity contribution in [3.63, 3.8) is 0 Å². The van der Waals surface area contributed by atoms with Gasteiger partial charge in [0, 0.05) is 0 Å². The zero-order valence-electron chi connectivity index (χ0n) is 11.0. The van der Waals surface area contributed by atoms with E-state index in [1.54, 1.807) is 25.1 Å². The van der Waals surface area contributed by atoms with Gasteiger partial charge in [-0.3, -0.25) is 4.79 Å². The van der Waals surface area contributed by atoms with Gasteiger partial charge in [-0.25, -0.2) is 0 Å². The molecule has 0 saturated carbocycles. The second-order valence-corrected chi connectivity index (χ2v) is 5.08. The summed E-state index contributed by atoms with van der Waals surface area (Å²) in [6, 6.07) is 4.85. The standard InChI is InChI=1S/C14H18Cl2O3/c1-3-5-10(14(18)19-4-2)13(17)9-6-7-11(15)12(16)8-9/h6-8,10,13,17H,3-5H2,1-2H3. The Morgan fingerprint density at radius 1 is 1.32 bits per heavy atom. The third-order valence-corrected chi connectivity index (χ3v) is 3.59. The lowest BCUT2D eigenvalue weighted by molar-refractivity contribution is -0.152. The van der Waals surface area contributed by atoms with E-state index >= 15 is 0 Å². The van der Waals surface area contributed by atoms with Gasteiger partial charge in [-0.1, -0.05) is 42.6 Å². The molecule has 0 heterocycles. The van der Waals surface area contributed by atoms with Crippen LogP contribution in [0.3, 0.4) is 0 Å². The minimum absolute atomic E-state index is 0.299. The van der Waals surface area contributed by atoms with Crippen LogP contribution in [0, 0.1) is 5.92 Å². The zero-order valence-corrected chi connectivity index (χ0v) is 12.5. The molecule has 106 valence electrons. The van der Waals surface area contributed by atoms with E-state index in [1.165, 1.54) is 0 Å². The first-order chi connectivity index (χ1) is 9.01. The summed E-state index contributed by atoms with van der Waals surface area (Å²) >= 11 is 11.8. The molecule has 1 aromatic rings. The van der Waals surface area contributed by atoms with Crippen molar-refractivity contribution in [2.24, 2.45) is 5.92 Å². The maximum atomic E-state index is 11.9. The Labute approximate surface area is 123 Å². The van der Waals surface area contributed by atoms with Gasteiger partial charge in [0.15, 0.2) is 0 Å². The molecule has 1 rings (SSSR count). The highest BCUT2D eigenvalue weighted by Crippen LogP contribution is 2.31. The predicted octanol–water partition coefficient (Wildman–Crippen LogP) is 4.01. The van der Waals surface area contributed by atoms with Crippen LogP contribution < -0.4 is 0 Å². The number of aliphatic hydroxyl groups is 1. The Hall–Kier alpha value is -0.770. The largest absolute Gasteiger partial charge is 0.466 e. The van der Waals surface area contributed by atoms with E-state index in [9.17, 15) is 9.90 Å². The SMILES string of the molecule is CCCC(C(=O)OCC)C(O)c1ccc(Cl)c(Cl)c1. The average molecular weight is 305 g/mol. The molecule has 0 amide bonds. The monoisotopic (exact) mass is 304 g/mol. The second-order valence-electron chi connectivity index (χ2n) is 4.27. The van der Waals surface area contributed by atoms with Crippen molar-refractivity contribution < 1.29 is 14.6 Å². The van der Waals surface area contributed by atoms with Gasteiger partial charge in [-0.2, -0.15) is 0 Å². The summed E-state index contributed by atoms with van der Waals surface area (Å²) in [5.41, 5.74) is 0.570. The lowest BCUT2D eigenvalue weighted by Gasteiger charge is -2.21. The molecule has 1 N–H and O–H groups in total.